The largest absolute Gasteiger partial charge is 0.396 e. The van der Waals surface area contributed by atoms with Gasteiger partial charge in [-0.05, 0) is 32.3 Å². The Hall–Kier alpha value is -1.99. The second-order valence-corrected chi connectivity index (χ2v) is 6.16. The van der Waals surface area contributed by atoms with E-state index in [-0.39, 0.29) is 24.2 Å². The Morgan fingerprint density at radius 3 is 2.62 bits per heavy atom. The number of aromatic nitrogens is 3. The predicted molar refractivity (Wildman–Crippen MR) is 93.7 cm³/mol. The zero-order valence-electron chi connectivity index (χ0n) is 14.1. The first-order valence-electron chi connectivity index (χ1n) is 8.44. The zero-order chi connectivity index (χ0) is 17.5. The lowest BCUT2D eigenvalue weighted by Crippen LogP contribution is -2.24. The van der Waals surface area contributed by atoms with Gasteiger partial charge in [-0.25, -0.2) is 4.98 Å². The first-order valence-corrected chi connectivity index (χ1v) is 8.44. The monoisotopic (exact) mass is 334 g/mol. The fourth-order valence-electron chi connectivity index (χ4n) is 2.83. The van der Waals surface area contributed by atoms with Gasteiger partial charge in [0.1, 0.15) is 5.65 Å². The van der Waals surface area contributed by atoms with Gasteiger partial charge in [0.25, 0.3) is 5.56 Å². The summed E-state index contributed by atoms with van der Waals surface area (Å²) >= 11 is 0. The van der Waals surface area contributed by atoms with Gasteiger partial charge in [-0.1, -0.05) is 19.3 Å². The van der Waals surface area contributed by atoms with Crippen molar-refractivity contribution in [3.8, 4) is 0 Å². The number of nitrogen functional groups attached to an aromatic ring is 1. The smallest absolute Gasteiger partial charge is 0.255 e. The first-order chi connectivity index (χ1) is 11.5. The summed E-state index contributed by atoms with van der Waals surface area (Å²) in [5.41, 5.74) is 6.56. The Kier molecular flexibility index (Phi) is 6.69. The third-order valence-corrected chi connectivity index (χ3v) is 4.14. The topological polar surface area (TPSA) is 114 Å². The summed E-state index contributed by atoms with van der Waals surface area (Å²) in [7, 11) is 0. The van der Waals surface area contributed by atoms with E-state index in [0.29, 0.717) is 24.2 Å². The molecule has 7 nitrogen and oxygen atoms in total. The van der Waals surface area contributed by atoms with Gasteiger partial charge in [-0.15, -0.1) is 0 Å². The molecule has 132 valence electrons. The van der Waals surface area contributed by atoms with Crippen LogP contribution in [0.2, 0.25) is 0 Å². The van der Waals surface area contributed by atoms with Crippen LogP contribution in [0.1, 0.15) is 44.1 Å². The lowest BCUT2D eigenvalue weighted by atomic mass is 9.98. The van der Waals surface area contributed by atoms with Crippen LogP contribution in [0, 0.1) is 6.92 Å². The molecule has 0 spiro atoms. The van der Waals surface area contributed by atoms with Crippen LogP contribution in [-0.2, 0) is 6.54 Å². The molecule has 3 rings (SSSR count). The number of hydrogen-bond acceptors (Lipinski definition) is 6. The van der Waals surface area contributed by atoms with Crippen LogP contribution in [0.15, 0.2) is 17.1 Å². The lowest BCUT2D eigenvalue weighted by Gasteiger charge is -2.14. The molecule has 2 aromatic heterocycles. The molecule has 0 aromatic carbocycles. The van der Waals surface area contributed by atoms with E-state index in [1.807, 2.05) is 0 Å². The molecular formula is C17H26N4O3. The van der Waals surface area contributed by atoms with Gasteiger partial charge in [-0.3, -0.25) is 9.36 Å². The number of rotatable bonds is 3. The average Bonchev–Trinajstić information content (AvgIpc) is 2.57. The summed E-state index contributed by atoms with van der Waals surface area (Å²) in [6, 6.07) is 1.74. The van der Waals surface area contributed by atoms with Crippen molar-refractivity contribution in [2.75, 3.05) is 12.3 Å². The number of aryl methyl sites for hydroxylation is 2. The van der Waals surface area contributed by atoms with Crippen molar-refractivity contribution in [2.24, 2.45) is 0 Å². The molecule has 0 aliphatic heterocycles. The van der Waals surface area contributed by atoms with Crippen LogP contribution < -0.4 is 11.3 Å². The van der Waals surface area contributed by atoms with Gasteiger partial charge in [-0.2, -0.15) is 4.98 Å². The fraction of sp³-hybridized carbons (Fsp3) is 0.588. The molecule has 4 N–H and O–H groups in total. The minimum absolute atomic E-state index is 0.0302. The molecule has 2 aromatic rings. The Morgan fingerprint density at radius 1 is 1.33 bits per heavy atom. The summed E-state index contributed by atoms with van der Waals surface area (Å²) < 4.78 is 1.53. The third-order valence-electron chi connectivity index (χ3n) is 4.14. The number of nitrogens with zero attached hydrogens (tertiary/aromatic N) is 3. The summed E-state index contributed by atoms with van der Waals surface area (Å²) in [5.74, 6) is 0.138. The normalized spacial score (nSPS) is 15.1. The molecule has 0 radical (unpaired) electrons. The van der Waals surface area contributed by atoms with Crippen LogP contribution in [0.4, 0.5) is 5.95 Å². The molecule has 0 bridgehead atoms. The van der Waals surface area contributed by atoms with Gasteiger partial charge in [0.15, 0.2) is 0 Å². The van der Waals surface area contributed by atoms with Gasteiger partial charge in [0.2, 0.25) is 5.95 Å². The molecular weight excluding hydrogens is 308 g/mol. The highest BCUT2D eigenvalue weighted by atomic mass is 16.3. The maximum Gasteiger partial charge on any atom is 0.255 e. The molecule has 1 fully saturated rings. The standard InChI is InChI=1S/C11H14N4O2.C6H12O/c1-7-5-8-6-13-11(12)14-9(8)15(10(7)17)3-2-4-16;7-6-4-2-1-3-5-6/h5-6,16H,2-4H2,1H3,(H2,12,13,14);6-7H,1-5H2. The number of anilines is 1. The van der Waals surface area contributed by atoms with E-state index in [2.05, 4.69) is 9.97 Å². The van der Waals surface area contributed by atoms with E-state index in [4.69, 9.17) is 15.9 Å². The van der Waals surface area contributed by atoms with Crippen molar-refractivity contribution in [2.45, 2.75) is 58.1 Å². The Morgan fingerprint density at radius 2 is 2.04 bits per heavy atom. The number of aliphatic hydroxyl groups is 2. The van der Waals surface area contributed by atoms with Crippen molar-refractivity contribution in [3.05, 3.63) is 28.2 Å². The quantitative estimate of drug-likeness (QED) is 0.781. The number of nitrogens with two attached hydrogens (primary N) is 1. The maximum atomic E-state index is 12.0. The Balaban J connectivity index is 0.000000249. The fourth-order valence-corrected chi connectivity index (χ4v) is 2.83. The summed E-state index contributed by atoms with van der Waals surface area (Å²) in [6.07, 6.45) is 8.02. The highest BCUT2D eigenvalue weighted by Crippen LogP contribution is 2.16. The van der Waals surface area contributed by atoms with Crippen LogP contribution >= 0.6 is 0 Å². The highest BCUT2D eigenvalue weighted by molar-refractivity contribution is 5.75. The van der Waals surface area contributed by atoms with E-state index in [9.17, 15) is 4.79 Å². The molecule has 1 aliphatic rings. The minimum Gasteiger partial charge on any atom is -0.396 e. The average molecular weight is 334 g/mol. The molecule has 0 saturated heterocycles. The van der Waals surface area contributed by atoms with Crippen molar-refractivity contribution >= 4 is 17.0 Å². The Bertz CT molecular complexity index is 724. The van der Waals surface area contributed by atoms with Gasteiger partial charge in [0.05, 0.1) is 6.10 Å². The van der Waals surface area contributed by atoms with Crippen LogP contribution in [0.25, 0.3) is 11.0 Å². The van der Waals surface area contributed by atoms with E-state index >= 15 is 0 Å². The van der Waals surface area contributed by atoms with Gasteiger partial charge >= 0.3 is 0 Å². The molecule has 2 heterocycles. The number of pyridine rings is 1. The lowest BCUT2D eigenvalue weighted by molar-refractivity contribution is 0.130. The minimum atomic E-state index is -0.107. The van der Waals surface area contributed by atoms with E-state index in [0.717, 1.165) is 18.2 Å². The first kappa shape index (κ1) is 18.4. The van der Waals surface area contributed by atoms with Gasteiger partial charge in [0, 0.05) is 30.3 Å². The molecule has 0 unspecified atom stereocenters. The van der Waals surface area contributed by atoms with E-state index in [1.165, 1.54) is 23.8 Å². The highest BCUT2D eigenvalue weighted by Gasteiger charge is 2.09. The van der Waals surface area contributed by atoms with Crippen molar-refractivity contribution in [1.29, 1.82) is 0 Å². The van der Waals surface area contributed by atoms with Crippen LogP contribution in [0.5, 0.6) is 0 Å². The van der Waals surface area contributed by atoms with Crippen LogP contribution in [-0.4, -0.2) is 37.5 Å². The van der Waals surface area contributed by atoms with Crippen molar-refractivity contribution in [1.82, 2.24) is 14.5 Å². The van der Waals surface area contributed by atoms with E-state index < -0.39 is 0 Å². The van der Waals surface area contributed by atoms with Crippen molar-refractivity contribution < 1.29 is 10.2 Å². The van der Waals surface area contributed by atoms with E-state index in [1.54, 1.807) is 19.2 Å². The predicted octanol–water partition coefficient (Wildman–Crippen LogP) is 1.38. The van der Waals surface area contributed by atoms with Crippen LogP contribution in [0.3, 0.4) is 0 Å². The molecule has 7 heteroatoms. The zero-order valence-corrected chi connectivity index (χ0v) is 14.1. The SMILES string of the molecule is Cc1cc2cnc(N)nc2n(CCCO)c1=O.OC1CCCCC1. The summed E-state index contributed by atoms with van der Waals surface area (Å²) in [6.45, 7) is 2.19. The number of fused-ring (bicyclic) bond motifs is 1. The molecule has 0 atom stereocenters. The molecule has 1 aliphatic carbocycles. The number of hydrogen-bond donors (Lipinski definition) is 3. The molecule has 1 saturated carbocycles. The second-order valence-electron chi connectivity index (χ2n) is 6.16. The molecule has 0 amide bonds. The summed E-state index contributed by atoms with van der Waals surface area (Å²) in [4.78, 5) is 20.0. The van der Waals surface area contributed by atoms with Gasteiger partial charge < -0.3 is 15.9 Å². The number of aliphatic hydroxyl groups excluding tert-OH is 2. The molecule has 24 heavy (non-hydrogen) atoms. The maximum absolute atomic E-state index is 12.0. The third kappa shape index (κ3) is 4.75. The Labute approximate surface area is 141 Å². The second kappa shape index (κ2) is 8.75. The summed E-state index contributed by atoms with van der Waals surface area (Å²) in [5, 5.41) is 18.5. The van der Waals surface area contributed by atoms with Crippen molar-refractivity contribution in [3.63, 3.8) is 0 Å².